The van der Waals surface area contributed by atoms with Crippen LogP contribution in [0.5, 0.6) is 0 Å². The van der Waals surface area contributed by atoms with Crippen molar-refractivity contribution in [3.05, 3.63) is 57.6 Å². The van der Waals surface area contributed by atoms with Gasteiger partial charge in [-0.1, -0.05) is 12.1 Å². The van der Waals surface area contributed by atoms with Crippen molar-refractivity contribution in [2.24, 2.45) is 5.73 Å². The fourth-order valence-electron chi connectivity index (χ4n) is 2.74. The van der Waals surface area contributed by atoms with Crippen LogP contribution in [0.15, 0.2) is 35.1 Å². The Hall–Kier alpha value is -1.13. The summed E-state index contributed by atoms with van der Waals surface area (Å²) in [5.74, 6) is -0.217. The van der Waals surface area contributed by atoms with E-state index in [0.29, 0.717) is 11.0 Å². The molecular weight excluding hydrogens is 307 g/mol. The van der Waals surface area contributed by atoms with Crippen LogP contribution in [0.4, 0.5) is 4.39 Å². The number of nitrogens with zero attached hydrogens (tertiary/aromatic N) is 1. The molecule has 0 saturated heterocycles. The van der Waals surface area contributed by atoms with Gasteiger partial charge in [0, 0.05) is 25.0 Å². The number of hydrogen-bond acceptors (Lipinski definition) is 1. The van der Waals surface area contributed by atoms with Crippen LogP contribution in [-0.2, 0) is 13.0 Å². The molecule has 2 nitrogen and oxygen atoms in total. The third-order valence-corrected chi connectivity index (χ3v) is 4.63. The average molecular weight is 323 g/mol. The normalized spacial score (nSPS) is 18.4. The van der Waals surface area contributed by atoms with Crippen molar-refractivity contribution in [3.63, 3.8) is 0 Å². The van der Waals surface area contributed by atoms with E-state index < -0.39 is 0 Å². The summed E-state index contributed by atoms with van der Waals surface area (Å²) in [4.78, 5) is 0. The largest absolute Gasteiger partial charge is 0.349 e. The first-order chi connectivity index (χ1) is 9.15. The Bertz CT molecular complexity index is 606. The number of halogens is 2. The molecule has 2 aromatic rings. The third kappa shape index (κ3) is 2.47. The van der Waals surface area contributed by atoms with E-state index in [9.17, 15) is 4.39 Å². The molecule has 1 aromatic carbocycles. The molecule has 100 valence electrons. The molecule has 0 bridgehead atoms. The van der Waals surface area contributed by atoms with E-state index in [1.807, 2.05) is 6.07 Å². The lowest BCUT2D eigenvalue weighted by Crippen LogP contribution is -2.15. The average Bonchev–Trinajstić information content (AvgIpc) is 2.79. The second-order valence-electron chi connectivity index (χ2n) is 5.12. The molecule has 0 radical (unpaired) electrons. The van der Waals surface area contributed by atoms with Gasteiger partial charge in [0.2, 0.25) is 0 Å². The first-order valence-electron chi connectivity index (χ1n) is 6.52. The van der Waals surface area contributed by atoms with Crippen LogP contribution in [0.3, 0.4) is 0 Å². The maximum absolute atomic E-state index is 13.5. The first-order valence-corrected chi connectivity index (χ1v) is 7.31. The highest BCUT2D eigenvalue weighted by atomic mass is 79.9. The maximum Gasteiger partial charge on any atom is 0.137 e. The van der Waals surface area contributed by atoms with E-state index in [1.165, 1.54) is 17.2 Å². The second-order valence-corrected chi connectivity index (χ2v) is 5.92. The smallest absolute Gasteiger partial charge is 0.137 e. The molecule has 1 heterocycles. The van der Waals surface area contributed by atoms with Gasteiger partial charge < -0.3 is 10.3 Å². The Morgan fingerprint density at radius 2 is 2.21 bits per heavy atom. The van der Waals surface area contributed by atoms with E-state index in [1.54, 1.807) is 6.07 Å². The van der Waals surface area contributed by atoms with Crippen molar-refractivity contribution >= 4 is 15.9 Å². The molecule has 3 rings (SSSR count). The number of rotatable bonds is 2. The zero-order chi connectivity index (χ0) is 13.4. The fraction of sp³-hybridized carbons (Fsp3) is 0.333. The van der Waals surface area contributed by atoms with E-state index >= 15 is 0 Å². The standard InChI is InChI=1S/C15H16BrFN2/c16-15-11(4-1-5-13(15)17)8-19-7-10-3-2-6-14(18)12(10)9-19/h1,4-5,7,9,14H,2-3,6,8,18H2. The SMILES string of the molecule is NC1CCCc2cn(Cc3cccc(F)c3Br)cc21. The Morgan fingerprint density at radius 3 is 3.00 bits per heavy atom. The minimum atomic E-state index is -0.217. The summed E-state index contributed by atoms with van der Waals surface area (Å²) in [5, 5.41) is 0. The van der Waals surface area contributed by atoms with Crippen LogP contribution >= 0.6 is 15.9 Å². The van der Waals surface area contributed by atoms with Gasteiger partial charge in [-0.25, -0.2) is 4.39 Å². The second kappa shape index (κ2) is 5.10. The number of benzene rings is 1. The molecule has 1 aliphatic carbocycles. The van der Waals surface area contributed by atoms with Gasteiger partial charge in [0.1, 0.15) is 5.82 Å². The molecule has 0 spiro atoms. The van der Waals surface area contributed by atoms with Crippen molar-refractivity contribution in [2.45, 2.75) is 31.8 Å². The summed E-state index contributed by atoms with van der Waals surface area (Å²) < 4.78 is 16.1. The molecular formula is C15H16BrFN2. The zero-order valence-electron chi connectivity index (χ0n) is 10.6. The lowest BCUT2D eigenvalue weighted by Gasteiger charge is -2.17. The molecule has 0 saturated carbocycles. The molecule has 0 amide bonds. The van der Waals surface area contributed by atoms with Crippen LogP contribution in [0, 0.1) is 5.82 Å². The molecule has 1 atom stereocenters. The van der Waals surface area contributed by atoms with E-state index in [2.05, 4.69) is 32.9 Å². The highest BCUT2D eigenvalue weighted by molar-refractivity contribution is 9.10. The summed E-state index contributed by atoms with van der Waals surface area (Å²) in [7, 11) is 0. The molecule has 4 heteroatoms. The van der Waals surface area contributed by atoms with Crippen LogP contribution in [0.2, 0.25) is 0 Å². The highest BCUT2D eigenvalue weighted by Crippen LogP contribution is 2.29. The van der Waals surface area contributed by atoms with Crippen molar-refractivity contribution in [2.75, 3.05) is 0 Å². The minimum absolute atomic E-state index is 0.154. The Balaban J connectivity index is 1.90. The molecule has 1 aromatic heterocycles. The lowest BCUT2D eigenvalue weighted by molar-refractivity contribution is 0.573. The van der Waals surface area contributed by atoms with E-state index in [0.717, 1.165) is 24.8 Å². The van der Waals surface area contributed by atoms with Gasteiger partial charge >= 0.3 is 0 Å². The summed E-state index contributed by atoms with van der Waals surface area (Å²) >= 11 is 3.31. The van der Waals surface area contributed by atoms with Gasteiger partial charge in [-0.15, -0.1) is 0 Å². The van der Waals surface area contributed by atoms with Crippen molar-refractivity contribution < 1.29 is 4.39 Å². The number of nitrogens with two attached hydrogens (primary N) is 1. The van der Waals surface area contributed by atoms with Crippen molar-refractivity contribution in [1.29, 1.82) is 0 Å². The maximum atomic E-state index is 13.5. The fourth-order valence-corrected chi connectivity index (χ4v) is 3.13. The Kier molecular flexibility index (Phi) is 3.46. The lowest BCUT2D eigenvalue weighted by atomic mass is 9.92. The summed E-state index contributed by atoms with van der Waals surface area (Å²) in [5.41, 5.74) is 9.66. The van der Waals surface area contributed by atoms with Crippen LogP contribution in [0.1, 0.15) is 35.6 Å². The van der Waals surface area contributed by atoms with E-state index in [4.69, 9.17) is 5.73 Å². The van der Waals surface area contributed by atoms with Crippen molar-refractivity contribution in [3.8, 4) is 0 Å². The van der Waals surface area contributed by atoms with Gasteiger partial charge in [-0.3, -0.25) is 0 Å². The number of hydrogen-bond donors (Lipinski definition) is 1. The number of aromatic nitrogens is 1. The van der Waals surface area contributed by atoms with E-state index in [-0.39, 0.29) is 11.9 Å². The molecule has 0 aliphatic heterocycles. The monoisotopic (exact) mass is 322 g/mol. The number of fused-ring (bicyclic) bond motifs is 1. The Morgan fingerprint density at radius 1 is 1.37 bits per heavy atom. The Labute approximate surface area is 120 Å². The van der Waals surface area contributed by atoms with Crippen molar-refractivity contribution in [1.82, 2.24) is 4.57 Å². The van der Waals surface area contributed by atoms with Gasteiger partial charge in [0.05, 0.1) is 4.47 Å². The molecule has 1 aliphatic rings. The molecule has 19 heavy (non-hydrogen) atoms. The quantitative estimate of drug-likeness (QED) is 0.896. The predicted octanol–water partition coefficient (Wildman–Crippen LogP) is 3.77. The number of aryl methyl sites for hydroxylation is 1. The third-order valence-electron chi connectivity index (χ3n) is 3.74. The summed E-state index contributed by atoms with van der Waals surface area (Å²) in [6.07, 6.45) is 7.56. The first kappa shape index (κ1) is 12.9. The summed E-state index contributed by atoms with van der Waals surface area (Å²) in [6, 6.07) is 5.29. The minimum Gasteiger partial charge on any atom is -0.349 e. The molecule has 1 unspecified atom stereocenters. The molecule has 2 N–H and O–H groups in total. The van der Waals surface area contributed by atoms with Crippen LogP contribution in [0.25, 0.3) is 0 Å². The topological polar surface area (TPSA) is 30.9 Å². The predicted molar refractivity (Wildman–Crippen MR) is 77.5 cm³/mol. The summed E-state index contributed by atoms with van der Waals surface area (Å²) in [6.45, 7) is 0.665. The molecule has 0 fully saturated rings. The van der Waals surface area contributed by atoms with Crippen LogP contribution in [-0.4, -0.2) is 4.57 Å². The van der Waals surface area contributed by atoms with Gasteiger partial charge in [-0.05, 0) is 57.9 Å². The van der Waals surface area contributed by atoms with Gasteiger partial charge in [-0.2, -0.15) is 0 Å². The van der Waals surface area contributed by atoms with Crippen LogP contribution < -0.4 is 5.73 Å². The van der Waals surface area contributed by atoms with Gasteiger partial charge in [0.15, 0.2) is 0 Å². The zero-order valence-corrected chi connectivity index (χ0v) is 12.2. The highest BCUT2D eigenvalue weighted by Gasteiger charge is 2.19. The van der Waals surface area contributed by atoms with Gasteiger partial charge in [0.25, 0.3) is 0 Å².